The van der Waals surface area contributed by atoms with Crippen LogP contribution in [0.2, 0.25) is 0 Å². The topological polar surface area (TPSA) is 80.3 Å². The Morgan fingerprint density at radius 3 is 2.46 bits per heavy atom. The second-order valence-corrected chi connectivity index (χ2v) is 5.28. The lowest BCUT2D eigenvalue weighted by Gasteiger charge is -2.09. The molecule has 0 aliphatic rings. The standard InChI is InChI=1S/C18H21N3O3/c1-13-7-3-4-8-14(13)21-18(23)16-10-5-9-15(20-16)17(22)19-11-6-12-24-2/h3-5,7-10H,6,11-12H2,1-2H3,(H,19,22)(H,21,23). The minimum atomic E-state index is -0.349. The molecule has 2 rings (SSSR count). The van der Waals surface area contributed by atoms with Gasteiger partial charge in [-0.3, -0.25) is 9.59 Å². The minimum Gasteiger partial charge on any atom is -0.385 e. The summed E-state index contributed by atoms with van der Waals surface area (Å²) in [5.74, 6) is -0.657. The maximum absolute atomic E-state index is 12.3. The number of nitrogens with zero attached hydrogens (tertiary/aromatic N) is 1. The number of hydrogen-bond donors (Lipinski definition) is 2. The van der Waals surface area contributed by atoms with E-state index in [-0.39, 0.29) is 23.2 Å². The average Bonchev–Trinajstić information content (AvgIpc) is 2.60. The van der Waals surface area contributed by atoms with Crippen molar-refractivity contribution >= 4 is 17.5 Å². The summed E-state index contributed by atoms with van der Waals surface area (Å²) in [6.07, 6.45) is 0.718. The molecule has 1 heterocycles. The Hall–Kier alpha value is -2.73. The average molecular weight is 327 g/mol. The zero-order chi connectivity index (χ0) is 17.4. The molecule has 2 amide bonds. The summed E-state index contributed by atoms with van der Waals surface area (Å²) in [5, 5.41) is 5.55. The van der Waals surface area contributed by atoms with E-state index in [0.717, 1.165) is 17.7 Å². The van der Waals surface area contributed by atoms with Crippen LogP contribution in [0.1, 0.15) is 33.0 Å². The molecule has 0 unspecified atom stereocenters. The van der Waals surface area contributed by atoms with E-state index in [2.05, 4.69) is 15.6 Å². The molecule has 0 spiro atoms. The molecule has 0 aliphatic heterocycles. The van der Waals surface area contributed by atoms with Gasteiger partial charge in [0.2, 0.25) is 0 Å². The Labute approximate surface area is 141 Å². The van der Waals surface area contributed by atoms with Crippen LogP contribution in [0.4, 0.5) is 5.69 Å². The number of aromatic nitrogens is 1. The predicted molar refractivity (Wildman–Crippen MR) is 92.2 cm³/mol. The van der Waals surface area contributed by atoms with Gasteiger partial charge in [-0.25, -0.2) is 4.98 Å². The van der Waals surface area contributed by atoms with Crippen molar-refractivity contribution < 1.29 is 14.3 Å². The number of carbonyl (C=O) groups excluding carboxylic acids is 2. The van der Waals surface area contributed by atoms with E-state index in [1.54, 1.807) is 25.3 Å². The number of hydrogen-bond acceptors (Lipinski definition) is 4. The van der Waals surface area contributed by atoms with Crippen molar-refractivity contribution in [2.75, 3.05) is 25.6 Å². The monoisotopic (exact) mass is 327 g/mol. The van der Waals surface area contributed by atoms with Crippen molar-refractivity contribution in [2.45, 2.75) is 13.3 Å². The summed E-state index contributed by atoms with van der Waals surface area (Å²) in [6, 6.07) is 12.3. The highest BCUT2D eigenvalue weighted by Crippen LogP contribution is 2.14. The first-order chi connectivity index (χ1) is 11.6. The first-order valence-corrected chi connectivity index (χ1v) is 7.73. The second-order valence-electron chi connectivity index (χ2n) is 5.28. The molecule has 126 valence electrons. The molecule has 6 heteroatoms. The molecular weight excluding hydrogens is 306 g/mol. The number of nitrogens with one attached hydrogen (secondary N) is 2. The van der Waals surface area contributed by atoms with Crippen LogP contribution >= 0.6 is 0 Å². The number of para-hydroxylation sites is 1. The van der Waals surface area contributed by atoms with Crippen LogP contribution < -0.4 is 10.6 Å². The van der Waals surface area contributed by atoms with E-state index in [4.69, 9.17) is 4.74 Å². The fourth-order valence-electron chi connectivity index (χ4n) is 2.10. The lowest BCUT2D eigenvalue weighted by molar-refractivity contribution is 0.0943. The summed E-state index contributed by atoms with van der Waals surface area (Å²) < 4.78 is 4.93. The number of ether oxygens (including phenoxy) is 1. The van der Waals surface area contributed by atoms with Gasteiger partial charge in [-0.2, -0.15) is 0 Å². The maximum Gasteiger partial charge on any atom is 0.274 e. The van der Waals surface area contributed by atoms with Gasteiger partial charge >= 0.3 is 0 Å². The van der Waals surface area contributed by atoms with Gasteiger partial charge in [0.15, 0.2) is 0 Å². The molecule has 0 atom stereocenters. The third-order valence-corrected chi connectivity index (χ3v) is 3.42. The van der Waals surface area contributed by atoms with Crippen molar-refractivity contribution in [2.24, 2.45) is 0 Å². The number of pyridine rings is 1. The lowest BCUT2D eigenvalue weighted by Crippen LogP contribution is -2.27. The minimum absolute atomic E-state index is 0.197. The number of carbonyl (C=O) groups is 2. The largest absolute Gasteiger partial charge is 0.385 e. The smallest absolute Gasteiger partial charge is 0.274 e. The highest BCUT2D eigenvalue weighted by Gasteiger charge is 2.13. The second kappa shape index (κ2) is 8.79. The molecule has 0 aliphatic carbocycles. The van der Waals surface area contributed by atoms with Crippen molar-refractivity contribution in [3.05, 3.63) is 59.4 Å². The summed E-state index contributed by atoms with van der Waals surface area (Å²) in [6.45, 7) is 2.98. The van der Waals surface area contributed by atoms with Crippen LogP contribution in [-0.4, -0.2) is 37.1 Å². The van der Waals surface area contributed by atoms with Crippen LogP contribution in [-0.2, 0) is 4.74 Å². The van der Waals surface area contributed by atoms with Gasteiger partial charge < -0.3 is 15.4 Å². The van der Waals surface area contributed by atoms with Crippen LogP contribution in [0, 0.1) is 6.92 Å². The number of aryl methyl sites for hydroxylation is 1. The zero-order valence-electron chi connectivity index (χ0n) is 13.8. The molecule has 24 heavy (non-hydrogen) atoms. The van der Waals surface area contributed by atoms with Crippen molar-refractivity contribution in [1.82, 2.24) is 10.3 Å². The third kappa shape index (κ3) is 4.89. The van der Waals surface area contributed by atoms with E-state index < -0.39 is 0 Å². The van der Waals surface area contributed by atoms with Gasteiger partial charge in [-0.1, -0.05) is 24.3 Å². The number of methoxy groups -OCH3 is 1. The van der Waals surface area contributed by atoms with Crippen molar-refractivity contribution in [3.8, 4) is 0 Å². The van der Waals surface area contributed by atoms with E-state index in [0.29, 0.717) is 13.2 Å². The zero-order valence-corrected chi connectivity index (χ0v) is 13.8. The summed E-state index contributed by atoms with van der Waals surface area (Å²) in [4.78, 5) is 28.5. The molecule has 2 aromatic rings. The summed E-state index contributed by atoms with van der Waals surface area (Å²) in [5.41, 5.74) is 2.09. The molecule has 0 saturated carbocycles. The van der Waals surface area contributed by atoms with Crippen molar-refractivity contribution in [3.63, 3.8) is 0 Å². The summed E-state index contributed by atoms with van der Waals surface area (Å²) in [7, 11) is 1.61. The molecular formula is C18H21N3O3. The molecule has 0 fully saturated rings. The van der Waals surface area contributed by atoms with Gasteiger partial charge in [0.05, 0.1) is 0 Å². The van der Waals surface area contributed by atoms with E-state index in [1.165, 1.54) is 0 Å². The fourth-order valence-corrected chi connectivity index (χ4v) is 2.10. The molecule has 0 bridgehead atoms. The quantitative estimate of drug-likeness (QED) is 0.765. The highest BCUT2D eigenvalue weighted by molar-refractivity contribution is 6.04. The van der Waals surface area contributed by atoms with Crippen LogP contribution in [0.25, 0.3) is 0 Å². The molecule has 2 N–H and O–H groups in total. The van der Waals surface area contributed by atoms with Crippen molar-refractivity contribution in [1.29, 1.82) is 0 Å². The number of anilines is 1. The van der Waals surface area contributed by atoms with E-state index in [1.807, 2.05) is 31.2 Å². The molecule has 1 aromatic carbocycles. The molecule has 0 saturated heterocycles. The Balaban J connectivity index is 2.02. The Kier molecular flexibility index (Phi) is 6.45. The Bertz CT molecular complexity index is 716. The van der Waals surface area contributed by atoms with Gasteiger partial charge in [0, 0.05) is 25.9 Å². The van der Waals surface area contributed by atoms with E-state index >= 15 is 0 Å². The molecule has 0 radical (unpaired) electrons. The third-order valence-electron chi connectivity index (χ3n) is 3.42. The fraction of sp³-hybridized carbons (Fsp3) is 0.278. The van der Waals surface area contributed by atoms with Crippen LogP contribution in [0.3, 0.4) is 0 Å². The number of rotatable bonds is 7. The Morgan fingerprint density at radius 2 is 1.75 bits per heavy atom. The first kappa shape index (κ1) is 17.6. The lowest BCUT2D eigenvalue weighted by atomic mass is 10.2. The molecule has 1 aromatic heterocycles. The highest BCUT2D eigenvalue weighted by atomic mass is 16.5. The van der Waals surface area contributed by atoms with Gasteiger partial charge in [-0.05, 0) is 37.1 Å². The predicted octanol–water partition coefficient (Wildman–Crippen LogP) is 2.41. The SMILES string of the molecule is COCCCNC(=O)c1cccc(C(=O)Nc2ccccc2C)n1. The van der Waals surface area contributed by atoms with Gasteiger partial charge in [0.1, 0.15) is 11.4 Å². The maximum atomic E-state index is 12.3. The van der Waals surface area contributed by atoms with E-state index in [9.17, 15) is 9.59 Å². The van der Waals surface area contributed by atoms with Gasteiger partial charge in [0.25, 0.3) is 11.8 Å². The molecule has 6 nitrogen and oxygen atoms in total. The number of benzene rings is 1. The Morgan fingerprint density at radius 1 is 1.04 bits per heavy atom. The normalized spacial score (nSPS) is 10.2. The van der Waals surface area contributed by atoms with Gasteiger partial charge in [-0.15, -0.1) is 0 Å². The van der Waals surface area contributed by atoms with Crippen LogP contribution in [0.15, 0.2) is 42.5 Å². The first-order valence-electron chi connectivity index (χ1n) is 7.73. The number of amides is 2. The summed E-state index contributed by atoms with van der Waals surface area (Å²) >= 11 is 0. The van der Waals surface area contributed by atoms with Crippen LogP contribution in [0.5, 0.6) is 0 Å².